The Labute approximate surface area is 243 Å². The Balaban J connectivity index is 1.57. The van der Waals surface area contributed by atoms with Crippen molar-refractivity contribution in [2.45, 2.75) is 90.2 Å². The molecule has 0 aromatic heterocycles. The minimum Gasteiger partial charge on any atom is -0.489 e. The maximum absolute atomic E-state index is 13.2. The van der Waals surface area contributed by atoms with Crippen molar-refractivity contribution in [1.29, 1.82) is 0 Å². The minimum absolute atomic E-state index is 0.0248. The highest BCUT2D eigenvalue weighted by molar-refractivity contribution is 5.88. The van der Waals surface area contributed by atoms with Gasteiger partial charge >= 0.3 is 0 Å². The molecule has 41 heavy (non-hydrogen) atoms. The second-order valence-corrected chi connectivity index (χ2v) is 11.1. The minimum atomic E-state index is -0.661. The van der Waals surface area contributed by atoms with Gasteiger partial charge in [-0.1, -0.05) is 63.3 Å². The molecule has 0 saturated heterocycles. The topological polar surface area (TPSA) is 137 Å². The first-order valence-electron chi connectivity index (χ1n) is 15.1. The van der Waals surface area contributed by atoms with Crippen molar-refractivity contribution in [3.05, 3.63) is 69.8 Å². The van der Waals surface area contributed by atoms with Crippen LogP contribution in [-0.2, 0) is 22.6 Å². The summed E-state index contributed by atoms with van der Waals surface area (Å²) in [6, 6.07) is 13.1. The van der Waals surface area contributed by atoms with Gasteiger partial charge in [0.1, 0.15) is 18.4 Å². The molecule has 0 radical (unpaired) electrons. The number of nitrogens with zero attached hydrogens (tertiary/aromatic N) is 1. The summed E-state index contributed by atoms with van der Waals surface area (Å²) in [5.41, 5.74) is 7.44. The predicted molar refractivity (Wildman–Crippen MR) is 160 cm³/mol. The van der Waals surface area contributed by atoms with E-state index in [1.807, 2.05) is 24.3 Å². The second kappa shape index (κ2) is 17.4. The van der Waals surface area contributed by atoms with Crippen molar-refractivity contribution in [2.75, 3.05) is 13.1 Å². The fraction of sp³-hybridized carbons (Fsp3) is 0.562. The van der Waals surface area contributed by atoms with Gasteiger partial charge in [-0.25, -0.2) is 0 Å². The fourth-order valence-electron chi connectivity index (χ4n) is 5.28. The number of nitro benzene ring substituents is 1. The smallest absolute Gasteiger partial charge is 0.269 e. The number of hydrogen-bond donors (Lipinski definition) is 3. The van der Waals surface area contributed by atoms with Gasteiger partial charge in [0, 0.05) is 31.0 Å². The zero-order valence-corrected chi connectivity index (χ0v) is 24.3. The predicted octanol–water partition coefficient (Wildman–Crippen LogP) is 5.44. The number of ether oxygens (including phenoxy) is 1. The van der Waals surface area contributed by atoms with Crippen molar-refractivity contribution in [2.24, 2.45) is 17.6 Å². The number of nitrogens with one attached hydrogen (secondary N) is 2. The molecule has 9 nitrogen and oxygen atoms in total. The first-order chi connectivity index (χ1) is 19.9. The van der Waals surface area contributed by atoms with Gasteiger partial charge in [-0.2, -0.15) is 0 Å². The van der Waals surface area contributed by atoms with Gasteiger partial charge in [0.15, 0.2) is 0 Å². The lowest BCUT2D eigenvalue weighted by Crippen LogP contribution is -2.50. The number of hydrogen-bond acceptors (Lipinski definition) is 6. The monoisotopic (exact) mass is 566 g/mol. The van der Waals surface area contributed by atoms with Gasteiger partial charge < -0.3 is 21.1 Å². The number of amides is 2. The number of rotatable bonds is 17. The van der Waals surface area contributed by atoms with E-state index in [0.717, 1.165) is 44.1 Å². The first kappa shape index (κ1) is 32.1. The van der Waals surface area contributed by atoms with E-state index < -0.39 is 11.0 Å². The molecule has 0 bridgehead atoms. The molecule has 1 saturated carbocycles. The Hall–Kier alpha value is -3.46. The van der Waals surface area contributed by atoms with Crippen LogP contribution in [0.1, 0.15) is 82.3 Å². The Morgan fingerprint density at radius 2 is 1.71 bits per heavy atom. The van der Waals surface area contributed by atoms with Crippen LogP contribution in [0.5, 0.6) is 5.75 Å². The molecule has 0 unspecified atom stereocenters. The third kappa shape index (κ3) is 11.1. The summed E-state index contributed by atoms with van der Waals surface area (Å²) in [6.45, 7) is 3.65. The van der Waals surface area contributed by atoms with Crippen LogP contribution in [0.15, 0.2) is 48.5 Å². The summed E-state index contributed by atoms with van der Waals surface area (Å²) in [5.74, 6) is 0.792. The number of carbonyl (C=O) groups is 2. The van der Waals surface area contributed by atoms with E-state index in [-0.39, 0.29) is 30.0 Å². The fourth-order valence-corrected chi connectivity index (χ4v) is 5.28. The van der Waals surface area contributed by atoms with E-state index >= 15 is 0 Å². The van der Waals surface area contributed by atoms with Crippen molar-refractivity contribution in [3.63, 3.8) is 0 Å². The van der Waals surface area contributed by atoms with Gasteiger partial charge in [-0.05, 0) is 67.8 Å². The Bertz CT molecular complexity index is 1100. The highest BCUT2D eigenvalue weighted by Gasteiger charge is 2.29. The lowest BCUT2D eigenvalue weighted by Gasteiger charge is -2.28. The lowest BCUT2D eigenvalue weighted by atomic mass is 9.81. The molecule has 3 rings (SSSR count). The SMILES string of the molecule is CCCCCCCCNC(=O)[C@H](Cc1ccc(OCc2cccc([N+](=O)[O-])c2)cc1)NC(=O)C1CCC(CN)CC1. The molecular weight excluding hydrogens is 520 g/mol. The van der Waals surface area contributed by atoms with Crippen molar-refractivity contribution in [3.8, 4) is 5.75 Å². The van der Waals surface area contributed by atoms with Crippen LogP contribution in [0.3, 0.4) is 0 Å². The van der Waals surface area contributed by atoms with Gasteiger partial charge in [-0.3, -0.25) is 19.7 Å². The number of carbonyl (C=O) groups excluding carboxylic acids is 2. The second-order valence-electron chi connectivity index (χ2n) is 11.1. The molecular formula is C32H46N4O5. The van der Waals surface area contributed by atoms with Crippen LogP contribution >= 0.6 is 0 Å². The van der Waals surface area contributed by atoms with Crippen molar-refractivity contribution in [1.82, 2.24) is 10.6 Å². The highest BCUT2D eigenvalue weighted by Crippen LogP contribution is 2.28. The molecule has 2 aromatic rings. The average Bonchev–Trinajstić information content (AvgIpc) is 3.00. The Morgan fingerprint density at radius 1 is 1.00 bits per heavy atom. The number of unbranched alkanes of at least 4 members (excludes halogenated alkanes) is 5. The molecule has 0 aliphatic heterocycles. The van der Waals surface area contributed by atoms with Crippen LogP contribution < -0.4 is 21.1 Å². The summed E-state index contributed by atoms with van der Waals surface area (Å²) in [6.07, 6.45) is 10.7. The van der Waals surface area contributed by atoms with E-state index in [1.54, 1.807) is 12.1 Å². The van der Waals surface area contributed by atoms with Gasteiger partial charge in [0.2, 0.25) is 11.8 Å². The summed E-state index contributed by atoms with van der Waals surface area (Å²) in [5, 5.41) is 17.1. The molecule has 2 amide bonds. The molecule has 0 heterocycles. The normalized spacial score (nSPS) is 17.4. The zero-order valence-electron chi connectivity index (χ0n) is 24.3. The molecule has 4 N–H and O–H groups in total. The van der Waals surface area contributed by atoms with E-state index in [4.69, 9.17) is 10.5 Å². The number of nitrogens with two attached hydrogens (primary N) is 1. The molecule has 1 aliphatic carbocycles. The molecule has 1 aliphatic rings. The Morgan fingerprint density at radius 3 is 2.39 bits per heavy atom. The van der Waals surface area contributed by atoms with E-state index in [0.29, 0.717) is 36.7 Å². The summed E-state index contributed by atoms with van der Waals surface area (Å²) < 4.78 is 5.82. The van der Waals surface area contributed by atoms with Crippen molar-refractivity contribution >= 4 is 17.5 Å². The molecule has 9 heteroatoms. The molecule has 1 fully saturated rings. The van der Waals surface area contributed by atoms with Crippen LogP contribution in [0.25, 0.3) is 0 Å². The van der Waals surface area contributed by atoms with Crippen LogP contribution in [-0.4, -0.2) is 35.9 Å². The summed E-state index contributed by atoms with van der Waals surface area (Å²) >= 11 is 0. The summed E-state index contributed by atoms with van der Waals surface area (Å²) in [7, 11) is 0. The third-order valence-electron chi connectivity index (χ3n) is 7.90. The standard InChI is InChI=1S/C32H46N4O5/c1-2-3-4-5-6-7-19-34-32(38)30(35-31(37)27-15-11-25(22-33)12-16-27)21-24-13-17-29(18-14-24)41-23-26-9-8-10-28(20-26)36(39)40/h8-10,13-14,17-18,20,25,27,30H,2-7,11-12,15-16,19,21-23,33H2,1H3,(H,34,38)(H,35,37)/t25?,27?,30-/m0/s1. The first-order valence-corrected chi connectivity index (χ1v) is 15.1. The van der Waals surface area contributed by atoms with Gasteiger partial charge in [-0.15, -0.1) is 0 Å². The Kier molecular flexibility index (Phi) is 13.6. The van der Waals surface area contributed by atoms with Crippen LogP contribution in [0.2, 0.25) is 0 Å². The quantitative estimate of drug-likeness (QED) is 0.132. The van der Waals surface area contributed by atoms with E-state index in [2.05, 4.69) is 17.6 Å². The maximum Gasteiger partial charge on any atom is 0.269 e. The van der Waals surface area contributed by atoms with E-state index in [1.165, 1.54) is 37.8 Å². The molecule has 0 spiro atoms. The lowest BCUT2D eigenvalue weighted by molar-refractivity contribution is -0.384. The third-order valence-corrected chi connectivity index (χ3v) is 7.90. The van der Waals surface area contributed by atoms with Gasteiger partial charge in [0.05, 0.1) is 4.92 Å². The number of benzene rings is 2. The summed E-state index contributed by atoms with van der Waals surface area (Å²) in [4.78, 5) is 36.9. The largest absolute Gasteiger partial charge is 0.489 e. The number of nitro groups is 1. The van der Waals surface area contributed by atoms with Crippen molar-refractivity contribution < 1.29 is 19.2 Å². The van der Waals surface area contributed by atoms with Crippen LogP contribution in [0.4, 0.5) is 5.69 Å². The highest BCUT2D eigenvalue weighted by atomic mass is 16.6. The molecule has 224 valence electrons. The van der Waals surface area contributed by atoms with Crippen LogP contribution in [0, 0.1) is 22.0 Å². The van der Waals surface area contributed by atoms with Gasteiger partial charge in [0.25, 0.3) is 5.69 Å². The van der Waals surface area contributed by atoms with E-state index in [9.17, 15) is 19.7 Å². The number of non-ortho nitro benzene ring substituents is 1. The average molecular weight is 567 g/mol. The zero-order chi connectivity index (χ0) is 29.5. The maximum atomic E-state index is 13.2. The molecule has 2 aromatic carbocycles. The molecule has 1 atom stereocenters.